The van der Waals surface area contributed by atoms with Gasteiger partial charge in [-0.1, -0.05) is 46.3 Å². The van der Waals surface area contributed by atoms with Crippen LogP contribution in [0.5, 0.6) is 11.5 Å². The van der Waals surface area contributed by atoms with Crippen LogP contribution >= 0.6 is 15.9 Å². The van der Waals surface area contributed by atoms with Crippen molar-refractivity contribution in [1.29, 1.82) is 0 Å². The highest BCUT2D eigenvalue weighted by Gasteiger charge is 2.15. The third-order valence-corrected chi connectivity index (χ3v) is 5.82. The molecule has 0 bridgehead atoms. The first-order valence-electron chi connectivity index (χ1n) is 11.4. The number of hydrogen-bond donors (Lipinski definition) is 2. The molecule has 0 aliphatic rings. The molecule has 4 aromatic carbocycles. The van der Waals surface area contributed by atoms with Gasteiger partial charge >= 0.3 is 5.97 Å². The highest BCUT2D eigenvalue weighted by atomic mass is 79.9. The number of anilines is 1. The van der Waals surface area contributed by atoms with Crippen molar-refractivity contribution >= 4 is 45.6 Å². The molecule has 0 spiro atoms. The fourth-order valence-electron chi connectivity index (χ4n) is 3.39. The number of benzene rings is 4. The summed E-state index contributed by atoms with van der Waals surface area (Å²) in [5.74, 6) is -0.557. The summed E-state index contributed by atoms with van der Waals surface area (Å²) in [4.78, 5) is 38.0. The molecular formula is C29H22BrN3O5. The summed E-state index contributed by atoms with van der Waals surface area (Å²) in [6.45, 7) is 0. The molecule has 0 unspecified atom stereocenters. The number of hydrazone groups is 1. The molecule has 2 amide bonds. The zero-order valence-corrected chi connectivity index (χ0v) is 21.8. The number of rotatable bonds is 8. The van der Waals surface area contributed by atoms with Crippen LogP contribution in [0.4, 0.5) is 5.69 Å². The highest BCUT2D eigenvalue weighted by molar-refractivity contribution is 9.10. The number of nitrogens with zero attached hydrogens (tertiary/aromatic N) is 1. The molecule has 0 aromatic heterocycles. The van der Waals surface area contributed by atoms with E-state index in [0.29, 0.717) is 28.1 Å². The maximum atomic E-state index is 12.9. The molecule has 0 saturated heterocycles. The molecule has 8 nitrogen and oxygen atoms in total. The van der Waals surface area contributed by atoms with Crippen molar-refractivity contribution in [2.75, 3.05) is 12.4 Å². The van der Waals surface area contributed by atoms with Crippen molar-refractivity contribution in [2.45, 2.75) is 0 Å². The van der Waals surface area contributed by atoms with Gasteiger partial charge in [-0.3, -0.25) is 9.59 Å². The maximum Gasteiger partial charge on any atom is 0.343 e. The lowest BCUT2D eigenvalue weighted by Crippen LogP contribution is -2.21. The predicted molar refractivity (Wildman–Crippen MR) is 148 cm³/mol. The summed E-state index contributed by atoms with van der Waals surface area (Å²) in [6, 6.07) is 26.8. The fourth-order valence-corrected chi connectivity index (χ4v) is 3.77. The predicted octanol–water partition coefficient (Wildman–Crippen LogP) is 5.69. The topological polar surface area (TPSA) is 106 Å². The van der Waals surface area contributed by atoms with Gasteiger partial charge < -0.3 is 14.8 Å². The Morgan fingerprint density at radius 1 is 0.816 bits per heavy atom. The molecule has 0 aliphatic carbocycles. The lowest BCUT2D eigenvalue weighted by molar-refractivity contribution is 0.0733. The first kappa shape index (κ1) is 26.3. The molecule has 4 rings (SSSR count). The van der Waals surface area contributed by atoms with E-state index in [1.54, 1.807) is 98.1 Å². The van der Waals surface area contributed by atoms with Crippen molar-refractivity contribution in [3.63, 3.8) is 0 Å². The Bertz CT molecular complexity index is 1490. The first-order chi connectivity index (χ1) is 18.4. The molecule has 4 aromatic rings. The maximum absolute atomic E-state index is 12.9. The van der Waals surface area contributed by atoms with E-state index in [9.17, 15) is 14.4 Å². The normalized spacial score (nSPS) is 10.6. The smallest absolute Gasteiger partial charge is 0.343 e. The second-order valence-corrected chi connectivity index (χ2v) is 8.78. The molecule has 0 aliphatic heterocycles. The lowest BCUT2D eigenvalue weighted by atomic mass is 10.1. The molecule has 190 valence electrons. The summed E-state index contributed by atoms with van der Waals surface area (Å²) in [7, 11) is 1.54. The fraction of sp³-hybridized carbons (Fsp3) is 0.0345. The Labute approximate surface area is 227 Å². The standard InChI is InChI=1S/C29H22BrN3O5/c1-37-23-14-11-20(12-15-23)29(36)38-26-16-13-22(30)17-21(26)18-31-33-28(35)24-9-5-6-10-25(24)32-27(34)19-7-3-2-4-8-19/h2-18H,1H3,(H,32,34)(H,33,35)/b31-18-. The second kappa shape index (κ2) is 12.5. The number of ether oxygens (including phenoxy) is 2. The molecule has 0 saturated carbocycles. The van der Waals surface area contributed by atoms with Gasteiger partial charge in [0.1, 0.15) is 11.5 Å². The van der Waals surface area contributed by atoms with E-state index in [1.807, 2.05) is 6.07 Å². The van der Waals surface area contributed by atoms with Crippen LogP contribution in [0.25, 0.3) is 0 Å². The van der Waals surface area contributed by atoms with Gasteiger partial charge in [-0.05, 0) is 66.7 Å². The summed E-state index contributed by atoms with van der Waals surface area (Å²) < 4.78 is 11.4. The summed E-state index contributed by atoms with van der Waals surface area (Å²) >= 11 is 3.39. The van der Waals surface area contributed by atoms with E-state index < -0.39 is 11.9 Å². The van der Waals surface area contributed by atoms with Crippen LogP contribution < -0.4 is 20.2 Å². The Morgan fingerprint density at radius 2 is 1.53 bits per heavy atom. The number of esters is 1. The lowest BCUT2D eigenvalue weighted by Gasteiger charge is -2.10. The van der Waals surface area contributed by atoms with Crippen LogP contribution in [-0.2, 0) is 0 Å². The number of carbonyl (C=O) groups is 3. The quantitative estimate of drug-likeness (QED) is 0.122. The number of carbonyl (C=O) groups excluding carboxylic acids is 3. The van der Waals surface area contributed by atoms with Crippen LogP contribution in [0.1, 0.15) is 36.6 Å². The molecule has 0 heterocycles. The van der Waals surface area contributed by atoms with Gasteiger partial charge in [-0.25, -0.2) is 10.2 Å². The third-order valence-electron chi connectivity index (χ3n) is 5.33. The van der Waals surface area contributed by atoms with Gasteiger partial charge in [-0.15, -0.1) is 0 Å². The number of hydrogen-bond acceptors (Lipinski definition) is 6. The number of amides is 2. The highest BCUT2D eigenvalue weighted by Crippen LogP contribution is 2.23. The summed E-state index contributed by atoms with van der Waals surface area (Å²) in [5.41, 5.74) is 4.29. The van der Waals surface area contributed by atoms with Gasteiger partial charge in [0, 0.05) is 15.6 Å². The van der Waals surface area contributed by atoms with Crippen molar-refractivity contribution < 1.29 is 23.9 Å². The summed E-state index contributed by atoms with van der Waals surface area (Å²) in [6.07, 6.45) is 1.37. The Hall–Kier alpha value is -4.76. The number of halogens is 1. The molecule has 38 heavy (non-hydrogen) atoms. The monoisotopic (exact) mass is 571 g/mol. The van der Waals surface area contributed by atoms with E-state index in [2.05, 4.69) is 31.8 Å². The van der Waals surface area contributed by atoms with E-state index in [0.717, 1.165) is 4.47 Å². The van der Waals surface area contributed by atoms with Crippen LogP contribution in [0, 0.1) is 0 Å². The number of methoxy groups -OCH3 is 1. The zero-order valence-electron chi connectivity index (χ0n) is 20.2. The Morgan fingerprint density at radius 3 is 2.26 bits per heavy atom. The van der Waals surface area contributed by atoms with E-state index in [-0.39, 0.29) is 17.2 Å². The summed E-state index contributed by atoms with van der Waals surface area (Å²) in [5, 5.41) is 6.79. The minimum Gasteiger partial charge on any atom is -0.497 e. The molecule has 0 radical (unpaired) electrons. The van der Waals surface area contributed by atoms with Gasteiger partial charge in [0.2, 0.25) is 0 Å². The Balaban J connectivity index is 1.46. The average molecular weight is 572 g/mol. The van der Waals surface area contributed by atoms with Gasteiger partial charge in [0.25, 0.3) is 11.8 Å². The van der Waals surface area contributed by atoms with Crippen molar-refractivity contribution in [2.24, 2.45) is 5.10 Å². The Kier molecular flexibility index (Phi) is 8.63. The van der Waals surface area contributed by atoms with Crippen molar-refractivity contribution in [3.8, 4) is 11.5 Å². The number of para-hydroxylation sites is 1. The molecule has 2 N–H and O–H groups in total. The van der Waals surface area contributed by atoms with Gasteiger partial charge in [0.15, 0.2) is 0 Å². The average Bonchev–Trinajstić information content (AvgIpc) is 2.95. The minimum atomic E-state index is -0.559. The molecular weight excluding hydrogens is 550 g/mol. The van der Waals surface area contributed by atoms with E-state index in [1.165, 1.54) is 6.21 Å². The third kappa shape index (κ3) is 6.71. The van der Waals surface area contributed by atoms with Crippen LogP contribution in [-0.4, -0.2) is 31.1 Å². The van der Waals surface area contributed by atoms with Crippen molar-refractivity contribution in [1.82, 2.24) is 5.43 Å². The van der Waals surface area contributed by atoms with Crippen LogP contribution in [0.2, 0.25) is 0 Å². The number of nitrogens with one attached hydrogen (secondary N) is 2. The minimum absolute atomic E-state index is 0.231. The van der Waals surface area contributed by atoms with Crippen LogP contribution in [0.15, 0.2) is 107 Å². The van der Waals surface area contributed by atoms with E-state index >= 15 is 0 Å². The zero-order chi connectivity index (χ0) is 26.9. The first-order valence-corrected chi connectivity index (χ1v) is 12.2. The largest absolute Gasteiger partial charge is 0.497 e. The van der Waals surface area contributed by atoms with E-state index in [4.69, 9.17) is 9.47 Å². The van der Waals surface area contributed by atoms with Gasteiger partial charge in [0.05, 0.1) is 30.1 Å². The molecule has 0 fully saturated rings. The molecule has 9 heteroatoms. The van der Waals surface area contributed by atoms with Crippen LogP contribution in [0.3, 0.4) is 0 Å². The van der Waals surface area contributed by atoms with Crippen molar-refractivity contribution in [3.05, 3.63) is 124 Å². The second-order valence-electron chi connectivity index (χ2n) is 7.87. The molecule has 0 atom stereocenters. The SMILES string of the molecule is COc1ccc(C(=O)Oc2ccc(Br)cc2/C=N\NC(=O)c2ccccc2NC(=O)c2ccccc2)cc1. The van der Waals surface area contributed by atoms with Gasteiger partial charge in [-0.2, -0.15) is 5.10 Å².